The molecule has 5 heteroatoms. The van der Waals surface area contributed by atoms with E-state index in [2.05, 4.69) is 24.5 Å². The van der Waals surface area contributed by atoms with Crippen LogP contribution in [0.4, 0.5) is 5.69 Å². The molecule has 4 nitrogen and oxygen atoms in total. The van der Waals surface area contributed by atoms with Gasteiger partial charge in [-0.25, -0.2) is 4.98 Å². The highest BCUT2D eigenvalue weighted by Gasteiger charge is 2.35. The van der Waals surface area contributed by atoms with E-state index in [1.165, 1.54) is 0 Å². The Morgan fingerprint density at radius 2 is 1.92 bits per heavy atom. The average Bonchev–Trinajstić information content (AvgIpc) is 3.18. The number of hydrogen-bond acceptors (Lipinski definition) is 2. The lowest BCUT2D eigenvalue weighted by atomic mass is 10.1. The van der Waals surface area contributed by atoms with Crippen molar-refractivity contribution in [3.8, 4) is 0 Å². The van der Waals surface area contributed by atoms with Crippen LogP contribution in [0.3, 0.4) is 0 Å². The van der Waals surface area contributed by atoms with E-state index in [1.807, 2.05) is 48.2 Å². The summed E-state index contributed by atoms with van der Waals surface area (Å²) < 4.78 is 2.27. The van der Waals surface area contributed by atoms with Crippen LogP contribution in [0.1, 0.15) is 43.6 Å². The molecular formula is C21H22ClN3O. The molecule has 1 saturated heterocycles. The predicted octanol–water partition coefficient (Wildman–Crippen LogP) is 5.10. The van der Waals surface area contributed by atoms with Crippen LogP contribution in [-0.4, -0.2) is 22.0 Å². The highest BCUT2D eigenvalue weighted by Crippen LogP contribution is 2.36. The molecule has 1 amide bonds. The number of amides is 1. The fraction of sp³-hybridized carbons (Fsp3) is 0.333. The molecule has 1 aliphatic rings. The number of imidazole rings is 1. The summed E-state index contributed by atoms with van der Waals surface area (Å²) in [7, 11) is 0. The number of para-hydroxylation sites is 2. The molecular weight excluding hydrogens is 346 g/mol. The van der Waals surface area contributed by atoms with Crippen LogP contribution in [0.25, 0.3) is 11.0 Å². The maximum Gasteiger partial charge on any atom is 0.227 e. The summed E-state index contributed by atoms with van der Waals surface area (Å²) in [5, 5.41) is 0.688. The van der Waals surface area contributed by atoms with Gasteiger partial charge in [0.2, 0.25) is 5.91 Å². The third-order valence-corrected chi connectivity index (χ3v) is 5.57. The standard InChI is InChI=1S/C21H22ClN3O/c1-13(2)25-19-9-5-4-8-17(19)23-21(25)15-11-20(26)24(12-15)18-10-6-7-16(22)14(18)3/h4-10,13,15H,11-12H2,1-3H3/t15-/m1/s1. The van der Waals surface area contributed by atoms with E-state index in [0.717, 1.165) is 28.1 Å². The fourth-order valence-corrected chi connectivity index (χ4v) is 4.07. The summed E-state index contributed by atoms with van der Waals surface area (Å²) in [4.78, 5) is 19.5. The first-order chi connectivity index (χ1) is 12.5. The SMILES string of the molecule is Cc1c(Cl)cccc1N1C[C@H](c2nc3ccccc3n2C(C)C)CC1=O. The molecule has 0 spiro atoms. The number of nitrogens with zero attached hydrogens (tertiary/aromatic N) is 3. The monoisotopic (exact) mass is 367 g/mol. The highest BCUT2D eigenvalue weighted by molar-refractivity contribution is 6.31. The lowest BCUT2D eigenvalue weighted by Crippen LogP contribution is -2.25. The first kappa shape index (κ1) is 17.1. The van der Waals surface area contributed by atoms with E-state index in [-0.39, 0.29) is 17.9 Å². The molecule has 134 valence electrons. The number of carbonyl (C=O) groups is 1. The van der Waals surface area contributed by atoms with E-state index >= 15 is 0 Å². The van der Waals surface area contributed by atoms with Gasteiger partial charge in [0.05, 0.1) is 11.0 Å². The Balaban J connectivity index is 1.75. The van der Waals surface area contributed by atoms with Crippen molar-refractivity contribution in [2.24, 2.45) is 0 Å². The molecule has 0 N–H and O–H groups in total. The normalized spacial score (nSPS) is 17.7. The van der Waals surface area contributed by atoms with Crippen LogP contribution < -0.4 is 4.90 Å². The largest absolute Gasteiger partial charge is 0.325 e. The number of anilines is 1. The summed E-state index contributed by atoms with van der Waals surface area (Å²) in [5.41, 5.74) is 3.96. The summed E-state index contributed by atoms with van der Waals surface area (Å²) >= 11 is 6.26. The maximum atomic E-state index is 12.8. The summed E-state index contributed by atoms with van der Waals surface area (Å²) in [5.74, 6) is 1.20. The first-order valence-corrected chi connectivity index (χ1v) is 9.37. The van der Waals surface area contributed by atoms with Gasteiger partial charge in [0.15, 0.2) is 0 Å². The number of fused-ring (bicyclic) bond motifs is 1. The van der Waals surface area contributed by atoms with Crippen molar-refractivity contribution >= 4 is 34.2 Å². The van der Waals surface area contributed by atoms with Gasteiger partial charge in [-0.3, -0.25) is 4.79 Å². The minimum Gasteiger partial charge on any atom is -0.325 e. The van der Waals surface area contributed by atoms with Crippen molar-refractivity contribution in [1.82, 2.24) is 9.55 Å². The van der Waals surface area contributed by atoms with Crippen LogP contribution in [0, 0.1) is 6.92 Å². The van der Waals surface area contributed by atoms with Crippen molar-refractivity contribution in [3.05, 3.63) is 58.9 Å². The molecule has 1 atom stereocenters. The van der Waals surface area contributed by atoms with Gasteiger partial charge in [-0.15, -0.1) is 0 Å². The molecule has 4 rings (SSSR count). The number of hydrogen-bond donors (Lipinski definition) is 0. The number of carbonyl (C=O) groups excluding carboxylic acids is 1. The number of aromatic nitrogens is 2. The van der Waals surface area contributed by atoms with Gasteiger partial charge in [-0.2, -0.15) is 0 Å². The van der Waals surface area contributed by atoms with E-state index in [9.17, 15) is 4.79 Å². The van der Waals surface area contributed by atoms with E-state index in [1.54, 1.807) is 0 Å². The minimum atomic E-state index is 0.0793. The molecule has 3 aromatic rings. The topological polar surface area (TPSA) is 38.1 Å². The molecule has 0 saturated carbocycles. The van der Waals surface area contributed by atoms with Gasteiger partial charge in [0, 0.05) is 35.6 Å². The lowest BCUT2D eigenvalue weighted by Gasteiger charge is -2.20. The zero-order valence-corrected chi connectivity index (χ0v) is 16.0. The van der Waals surface area contributed by atoms with Gasteiger partial charge in [-0.05, 0) is 50.6 Å². The maximum absolute atomic E-state index is 12.8. The second-order valence-corrected chi connectivity index (χ2v) is 7.62. The summed E-state index contributed by atoms with van der Waals surface area (Å²) in [6.45, 7) is 6.91. The third kappa shape index (κ3) is 2.69. The van der Waals surface area contributed by atoms with E-state index in [0.29, 0.717) is 18.0 Å². The van der Waals surface area contributed by atoms with Gasteiger partial charge >= 0.3 is 0 Å². The molecule has 1 aliphatic heterocycles. The Morgan fingerprint density at radius 1 is 1.15 bits per heavy atom. The van der Waals surface area contributed by atoms with Crippen molar-refractivity contribution in [2.75, 3.05) is 11.4 Å². The molecule has 0 radical (unpaired) electrons. The minimum absolute atomic E-state index is 0.0793. The van der Waals surface area contributed by atoms with Gasteiger partial charge in [-0.1, -0.05) is 29.8 Å². The zero-order chi connectivity index (χ0) is 18.4. The number of benzene rings is 2. The smallest absolute Gasteiger partial charge is 0.227 e. The summed E-state index contributed by atoms with van der Waals surface area (Å²) in [6, 6.07) is 14.2. The van der Waals surface area contributed by atoms with Crippen LogP contribution in [0.2, 0.25) is 5.02 Å². The van der Waals surface area contributed by atoms with Crippen LogP contribution >= 0.6 is 11.6 Å². The van der Waals surface area contributed by atoms with Crippen molar-refractivity contribution in [1.29, 1.82) is 0 Å². The summed E-state index contributed by atoms with van der Waals surface area (Å²) in [6.07, 6.45) is 0.474. The molecule has 26 heavy (non-hydrogen) atoms. The zero-order valence-electron chi connectivity index (χ0n) is 15.2. The van der Waals surface area contributed by atoms with Crippen molar-refractivity contribution in [3.63, 3.8) is 0 Å². The quantitative estimate of drug-likeness (QED) is 0.646. The Morgan fingerprint density at radius 3 is 2.69 bits per heavy atom. The Bertz CT molecular complexity index is 992. The lowest BCUT2D eigenvalue weighted by molar-refractivity contribution is -0.117. The Kier molecular flexibility index (Phi) is 4.23. The second kappa shape index (κ2) is 6.44. The molecule has 0 unspecified atom stereocenters. The average molecular weight is 368 g/mol. The van der Waals surface area contributed by atoms with Crippen LogP contribution in [0.5, 0.6) is 0 Å². The predicted molar refractivity (Wildman–Crippen MR) is 106 cm³/mol. The van der Waals surface area contributed by atoms with Crippen molar-refractivity contribution in [2.45, 2.75) is 39.2 Å². The highest BCUT2D eigenvalue weighted by atomic mass is 35.5. The van der Waals surface area contributed by atoms with Crippen LogP contribution in [-0.2, 0) is 4.79 Å². The molecule has 0 aliphatic carbocycles. The molecule has 1 fully saturated rings. The van der Waals surface area contributed by atoms with E-state index < -0.39 is 0 Å². The van der Waals surface area contributed by atoms with Gasteiger partial charge in [0.25, 0.3) is 0 Å². The van der Waals surface area contributed by atoms with Gasteiger partial charge in [0.1, 0.15) is 5.82 Å². The molecule has 2 aromatic carbocycles. The molecule has 0 bridgehead atoms. The van der Waals surface area contributed by atoms with Crippen molar-refractivity contribution < 1.29 is 4.79 Å². The second-order valence-electron chi connectivity index (χ2n) is 7.21. The Hall–Kier alpha value is -2.33. The van der Waals surface area contributed by atoms with Crippen LogP contribution in [0.15, 0.2) is 42.5 Å². The van der Waals surface area contributed by atoms with Gasteiger partial charge < -0.3 is 9.47 Å². The van der Waals surface area contributed by atoms with E-state index in [4.69, 9.17) is 16.6 Å². The number of halogens is 1. The number of rotatable bonds is 3. The molecule has 2 heterocycles. The molecule has 1 aromatic heterocycles. The Labute approximate surface area is 158 Å². The fourth-order valence-electron chi connectivity index (χ4n) is 3.90. The third-order valence-electron chi connectivity index (χ3n) is 5.16. The first-order valence-electron chi connectivity index (χ1n) is 8.99.